The van der Waals surface area contributed by atoms with Gasteiger partial charge in [0.15, 0.2) is 5.69 Å². The summed E-state index contributed by atoms with van der Waals surface area (Å²) in [4.78, 5) is 12.8. The van der Waals surface area contributed by atoms with Crippen molar-refractivity contribution in [1.29, 1.82) is 0 Å². The summed E-state index contributed by atoms with van der Waals surface area (Å²) < 4.78 is 40.8. The molecule has 0 unspecified atom stereocenters. The quantitative estimate of drug-likeness (QED) is 0.845. The van der Waals surface area contributed by atoms with E-state index in [0.717, 1.165) is 32.5 Å². The summed E-state index contributed by atoms with van der Waals surface area (Å²) in [5, 5.41) is 9.84. The zero-order chi connectivity index (χ0) is 19.7. The third-order valence-corrected chi connectivity index (χ3v) is 6.48. The molecular formula is C20H29F3N4O. The zero-order valence-electron chi connectivity index (χ0n) is 16.2. The molecule has 28 heavy (non-hydrogen) atoms. The van der Waals surface area contributed by atoms with Gasteiger partial charge in [0.2, 0.25) is 5.95 Å². The molecule has 4 rings (SSSR count). The van der Waals surface area contributed by atoms with Crippen LogP contribution in [-0.4, -0.2) is 59.3 Å². The van der Waals surface area contributed by atoms with Gasteiger partial charge in [0.1, 0.15) is 0 Å². The predicted octanol–water partition coefficient (Wildman–Crippen LogP) is 2.90. The molecule has 156 valence electrons. The van der Waals surface area contributed by atoms with E-state index in [1.807, 2.05) is 4.90 Å². The van der Waals surface area contributed by atoms with Crippen LogP contribution in [0.25, 0.3) is 0 Å². The number of aliphatic hydroxyl groups is 1. The Balaban J connectivity index is 1.56. The highest BCUT2D eigenvalue weighted by Gasteiger charge is 2.40. The number of alkyl halides is 3. The van der Waals surface area contributed by atoms with E-state index in [1.165, 1.54) is 19.3 Å². The van der Waals surface area contributed by atoms with Gasteiger partial charge in [-0.2, -0.15) is 13.2 Å². The topological polar surface area (TPSA) is 52.5 Å². The van der Waals surface area contributed by atoms with Gasteiger partial charge in [0, 0.05) is 43.4 Å². The third kappa shape index (κ3) is 4.13. The molecule has 1 aromatic rings. The Kier molecular flexibility index (Phi) is 5.78. The SMILES string of the molecule is OC[C@H]1CN(c2nc3c(c(C(F)(F)F)n2)CCCC3)C[C@H]1CN1CCCCC1. The minimum absolute atomic E-state index is 0.0477. The van der Waals surface area contributed by atoms with Crippen molar-refractivity contribution in [2.45, 2.75) is 51.1 Å². The minimum Gasteiger partial charge on any atom is -0.396 e. The number of likely N-dealkylation sites (tertiary alicyclic amines) is 1. The molecule has 5 nitrogen and oxygen atoms in total. The summed E-state index contributed by atoms with van der Waals surface area (Å²) in [6, 6.07) is 0. The molecule has 0 bridgehead atoms. The second-order valence-electron chi connectivity index (χ2n) is 8.47. The van der Waals surface area contributed by atoms with Gasteiger partial charge >= 0.3 is 6.18 Å². The number of aromatic nitrogens is 2. The zero-order valence-corrected chi connectivity index (χ0v) is 16.2. The van der Waals surface area contributed by atoms with E-state index in [9.17, 15) is 18.3 Å². The summed E-state index contributed by atoms with van der Waals surface area (Å²) in [5.41, 5.74) is 0.0844. The number of piperidine rings is 1. The van der Waals surface area contributed by atoms with Crippen LogP contribution >= 0.6 is 0 Å². The van der Waals surface area contributed by atoms with E-state index >= 15 is 0 Å². The van der Waals surface area contributed by atoms with Crippen molar-refractivity contribution in [3.8, 4) is 0 Å². The number of hydrogen-bond acceptors (Lipinski definition) is 5. The molecule has 0 radical (unpaired) electrons. The molecule has 2 atom stereocenters. The lowest BCUT2D eigenvalue weighted by molar-refractivity contribution is -0.142. The number of nitrogens with zero attached hydrogens (tertiary/aromatic N) is 4. The number of anilines is 1. The largest absolute Gasteiger partial charge is 0.433 e. The molecule has 0 amide bonds. The van der Waals surface area contributed by atoms with Gasteiger partial charge < -0.3 is 14.9 Å². The van der Waals surface area contributed by atoms with Gasteiger partial charge in [-0.3, -0.25) is 0 Å². The van der Waals surface area contributed by atoms with E-state index in [4.69, 9.17) is 0 Å². The molecule has 0 aromatic carbocycles. The maximum absolute atomic E-state index is 13.6. The average Bonchev–Trinajstić information content (AvgIpc) is 3.10. The molecule has 3 aliphatic rings. The molecule has 0 spiro atoms. The number of aliphatic hydroxyl groups excluding tert-OH is 1. The normalized spacial score (nSPS) is 26.5. The summed E-state index contributed by atoms with van der Waals surface area (Å²) in [6.45, 7) is 4.21. The average molecular weight is 398 g/mol. The maximum Gasteiger partial charge on any atom is 0.433 e. The summed E-state index contributed by atoms with van der Waals surface area (Å²) >= 11 is 0. The standard InChI is InChI=1S/C20H29F3N4O/c21-20(22,23)18-16-6-2-3-7-17(16)24-19(25-18)27-11-14(15(12-27)13-28)10-26-8-4-1-5-9-26/h14-15,28H,1-13H2/t14-,15-/m1/s1. The van der Waals surface area contributed by atoms with E-state index in [2.05, 4.69) is 14.9 Å². The number of rotatable bonds is 4. The lowest BCUT2D eigenvalue weighted by Gasteiger charge is -2.30. The van der Waals surface area contributed by atoms with Gasteiger partial charge in [-0.25, -0.2) is 9.97 Å². The van der Waals surface area contributed by atoms with Crippen molar-refractivity contribution < 1.29 is 18.3 Å². The van der Waals surface area contributed by atoms with Gasteiger partial charge in [0.25, 0.3) is 0 Å². The fourth-order valence-electron chi connectivity index (χ4n) is 4.95. The second kappa shape index (κ2) is 8.14. The van der Waals surface area contributed by atoms with Gasteiger partial charge in [0.05, 0.1) is 0 Å². The van der Waals surface area contributed by atoms with Crippen molar-refractivity contribution in [1.82, 2.24) is 14.9 Å². The van der Waals surface area contributed by atoms with Crippen LogP contribution in [0, 0.1) is 11.8 Å². The fourth-order valence-corrected chi connectivity index (χ4v) is 4.95. The number of halogens is 3. The first-order chi connectivity index (χ1) is 13.5. The molecule has 8 heteroatoms. The van der Waals surface area contributed by atoms with Gasteiger partial charge in [-0.15, -0.1) is 0 Å². The Morgan fingerprint density at radius 2 is 1.64 bits per heavy atom. The molecule has 0 saturated carbocycles. The van der Waals surface area contributed by atoms with Crippen molar-refractivity contribution in [2.75, 3.05) is 44.2 Å². The van der Waals surface area contributed by atoms with Crippen molar-refractivity contribution in [3.05, 3.63) is 17.0 Å². The monoisotopic (exact) mass is 398 g/mol. The highest BCUT2D eigenvalue weighted by Crippen LogP contribution is 2.37. The van der Waals surface area contributed by atoms with Crippen molar-refractivity contribution >= 4 is 5.95 Å². The van der Waals surface area contributed by atoms with Gasteiger partial charge in [-0.1, -0.05) is 6.42 Å². The minimum atomic E-state index is -4.46. The highest BCUT2D eigenvalue weighted by atomic mass is 19.4. The first kappa shape index (κ1) is 19.9. The lowest BCUT2D eigenvalue weighted by atomic mass is 9.94. The van der Waals surface area contributed by atoms with E-state index in [-0.39, 0.29) is 30.0 Å². The van der Waals surface area contributed by atoms with Crippen LogP contribution in [0.4, 0.5) is 19.1 Å². The van der Waals surface area contributed by atoms with Crippen LogP contribution in [0.5, 0.6) is 0 Å². The van der Waals surface area contributed by atoms with Crippen molar-refractivity contribution in [3.63, 3.8) is 0 Å². The summed E-state index contributed by atoms with van der Waals surface area (Å²) in [7, 11) is 0. The van der Waals surface area contributed by atoms with E-state index in [1.54, 1.807) is 0 Å². The van der Waals surface area contributed by atoms with Crippen LogP contribution in [0.2, 0.25) is 0 Å². The van der Waals surface area contributed by atoms with Crippen LogP contribution in [0.3, 0.4) is 0 Å². The molecule has 2 saturated heterocycles. The van der Waals surface area contributed by atoms with Crippen molar-refractivity contribution in [2.24, 2.45) is 11.8 Å². The Morgan fingerprint density at radius 3 is 2.36 bits per heavy atom. The first-order valence-corrected chi connectivity index (χ1v) is 10.5. The first-order valence-electron chi connectivity index (χ1n) is 10.5. The smallest absolute Gasteiger partial charge is 0.396 e. The Morgan fingerprint density at radius 1 is 0.929 bits per heavy atom. The molecule has 1 aromatic heterocycles. The van der Waals surface area contributed by atoms with E-state index < -0.39 is 11.9 Å². The van der Waals surface area contributed by atoms with Crippen LogP contribution in [-0.2, 0) is 19.0 Å². The molecule has 1 aliphatic carbocycles. The lowest BCUT2D eigenvalue weighted by Crippen LogP contribution is -2.37. The summed E-state index contributed by atoms with van der Waals surface area (Å²) in [5.74, 6) is 0.473. The molecular weight excluding hydrogens is 369 g/mol. The summed E-state index contributed by atoms with van der Waals surface area (Å²) in [6.07, 6.45) is 1.82. The second-order valence-corrected chi connectivity index (χ2v) is 8.47. The molecule has 2 aliphatic heterocycles. The third-order valence-electron chi connectivity index (χ3n) is 6.48. The van der Waals surface area contributed by atoms with Gasteiger partial charge in [-0.05, 0) is 57.5 Å². The highest BCUT2D eigenvalue weighted by molar-refractivity contribution is 5.41. The predicted molar refractivity (Wildman–Crippen MR) is 100 cm³/mol. The number of hydrogen-bond donors (Lipinski definition) is 1. The molecule has 1 N–H and O–H groups in total. The van der Waals surface area contributed by atoms with Crippen LogP contribution < -0.4 is 4.90 Å². The van der Waals surface area contributed by atoms with E-state index in [0.29, 0.717) is 31.6 Å². The number of fused-ring (bicyclic) bond motifs is 1. The Labute approximate surface area is 164 Å². The van der Waals surface area contributed by atoms with Crippen LogP contribution in [0.1, 0.15) is 49.1 Å². The fraction of sp³-hybridized carbons (Fsp3) is 0.800. The molecule has 3 heterocycles. The number of aryl methyl sites for hydroxylation is 1. The Hall–Kier alpha value is -1.41. The molecule has 2 fully saturated rings. The van der Waals surface area contributed by atoms with Crippen LogP contribution in [0.15, 0.2) is 0 Å². The maximum atomic E-state index is 13.6. The Bertz CT molecular complexity index is 691.